The number of amides is 1. The van der Waals surface area contributed by atoms with Crippen LogP contribution in [0.25, 0.3) is 10.9 Å². The zero-order valence-electron chi connectivity index (χ0n) is 15.4. The van der Waals surface area contributed by atoms with E-state index in [4.69, 9.17) is 4.74 Å². The average molecular weight is 402 g/mol. The minimum Gasteiger partial charge on any atom is -0.467 e. The number of benzene rings is 2. The Hall–Kier alpha value is -3.42. The molecule has 0 saturated carbocycles. The highest BCUT2D eigenvalue weighted by atomic mass is 19.4. The van der Waals surface area contributed by atoms with Gasteiger partial charge in [-0.05, 0) is 29.8 Å². The smallest absolute Gasteiger partial charge is 0.416 e. The summed E-state index contributed by atoms with van der Waals surface area (Å²) in [7, 11) is 1.17. The second kappa shape index (κ2) is 8.30. The number of carbonyl (C=O) groups is 2. The van der Waals surface area contributed by atoms with E-state index in [2.05, 4.69) is 10.3 Å². The van der Waals surface area contributed by atoms with Crippen molar-refractivity contribution in [3.05, 3.63) is 77.5 Å². The van der Waals surface area contributed by atoms with Crippen molar-refractivity contribution < 1.29 is 27.5 Å². The number of nitrogens with one attached hydrogen (secondary N) is 1. The molecule has 3 aromatic rings. The maximum Gasteiger partial charge on any atom is 0.416 e. The zero-order chi connectivity index (χ0) is 21.0. The Morgan fingerprint density at radius 2 is 1.76 bits per heavy atom. The van der Waals surface area contributed by atoms with Crippen molar-refractivity contribution in [3.8, 4) is 0 Å². The molecule has 0 fully saturated rings. The Bertz CT molecular complexity index is 1030. The van der Waals surface area contributed by atoms with E-state index in [1.165, 1.54) is 19.2 Å². The Labute approximate surface area is 164 Å². The molecule has 0 aliphatic rings. The van der Waals surface area contributed by atoms with Crippen LogP contribution in [0.5, 0.6) is 0 Å². The Balaban J connectivity index is 1.82. The Morgan fingerprint density at radius 1 is 1.07 bits per heavy atom. The second-order valence-corrected chi connectivity index (χ2v) is 6.33. The summed E-state index contributed by atoms with van der Waals surface area (Å²) >= 11 is 0. The number of ether oxygens (including phenoxy) is 1. The van der Waals surface area contributed by atoms with Gasteiger partial charge in [-0.25, -0.2) is 4.79 Å². The summed E-state index contributed by atoms with van der Waals surface area (Å²) in [6.07, 6.45) is -2.91. The third kappa shape index (κ3) is 4.71. The van der Waals surface area contributed by atoms with E-state index in [0.717, 1.165) is 17.5 Å². The van der Waals surface area contributed by atoms with Gasteiger partial charge in [0, 0.05) is 18.0 Å². The van der Waals surface area contributed by atoms with Crippen LogP contribution in [-0.4, -0.2) is 30.0 Å². The first kappa shape index (κ1) is 20.3. The molecule has 5 nitrogen and oxygen atoms in total. The van der Waals surface area contributed by atoms with Crippen molar-refractivity contribution >= 4 is 22.8 Å². The van der Waals surface area contributed by atoms with E-state index in [1.807, 2.05) is 0 Å². The molecule has 29 heavy (non-hydrogen) atoms. The van der Waals surface area contributed by atoms with Gasteiger partial charge < -0.3 is 10.1 Å². The fourth-order valence-electron chi connectivity index (χ4n) is 2.92. The van der Waals surface area contributed by atoms with Crippen LogP contribution in [0.3, 0.4) is 0 Å². The lowest BCUT2D eigenvalue weighted by Gasteiger charge is -2.17. The molecule has 0 aliphatic heterocycles. The molecule has 0 bridgehead atoms. The van der Waals surface area contributed by atoms with Gasteiger partial charge in [-0.3, -0.25) is 9.78 Å². The third-order valence-electron chi connectivity index (χ3n) is 4.39. The molecule has 0 radical (unpaired) electrons. The number of pyridine rings is 1. The number of fused-ring (bicyclic) bond motifs is 1. The topological polar surface area (TPSA) is 68.3 Å². The second-order valence-electron chi connectivity index (χ2n) is 6.33. The minimum absolute atomic E-state index is 0.0191. The first-order valence-corrected chi connectivity index (χ1v) is 8.68. The molecule has 8 heteroatoms. The number of hydrogen-bond donors (Lipinski definition) is 1. The molecule has 150 valence electrons. The molecular formula is C21H17F3N2O3. The molecule has 1 heterocycles. The molecule has 2 aromatic carbocycles. The van der Waals surface area contributed by atoms with Crippen LogP contribution in [0.15, 0.2) is 60.8 Å². The number of hydrogen-bond acceptors (Lipinski definition) is 4. The average Bonchev–Trinajstić information content (AvgIpc) is 2.72. The number of carbonyl (C=O) groups excluding carboxylic acids is 2. The van der Waals surface area contributed by atoms with Crippen LogP contribution in [0.4, 0.5) is 13.2 Å². The first-order valence-electron chi connectivity index (χ1n) is 8.68. The molecule has 0 spiro atoms. The summed E-state index contributed by atoms with van der Waals surface area (Å²) < 4.78 is 42.9. The van der Waals surface area contributed by atoms with E-state index >= 15 is 0 Å². The highest BCUT2D eigenvalue weighted by Crippen LogP contribution is 2.29. The third-order valence-corrected chi connectivity index (χ3v) is 4.39. The van der Waals surface area contributed by atoms with Crippen LogP contribution in [-0.2, 0) is 22.1 Å². The Morgan fingerprint density at radius 3 is 2.41 bits per heavy atom. The van der Waals surface area contributed by atoms with Crippen molar-refractivity contribution in [2.45, 2.75) is 18.6 Å². The molecule has 0 saturated heterocycles. The van der Waals surface area contributed by atoms with E-state index < -0.39 is 29.7 Å². The minimum atomic E-state index is -4.45. The molecule has 0 aliphatic carbocycles. The van der Waals surface area contributed by atoms with Crippen molar-refractivity contribution in [2.24, 2.45) is 0 Å². The Kier molecular flexibility index (Phi) is 5.81. The SMILES string of the molecule is COC(=O)[C@@H](Cc1ccc(C(F)(F)F)cc1)NC(=O)c1cccc2cccnc12. The molecule has 1 aromatic heterocycles. The normalized spacial score (nSPS) is 12.4. The molecule has 0 unspecified atom stereocenters. The number of alkyl halides is 3. The molecule has 1 amide bonds. The van der Waals surface area contributed by atoms with Gasteiger partial charge in [-0.1, -0.05) is 30.3 Å². The summed E-state index contributed by atoms with van der Waals surface area (Å²) in [5, 5.41) is 3.36. The van der Waals surface area contributed by atoms with Crippen molar-refractivity contribution in [3.63, 3.8) is 0 Å². The largest absolute Gasteiger partial charge is 0.467 e. The lowest BCUT2D eigenvalue weighted by molar-refractivity contribution is -0.143. The molecule has 3 rings (SSSR count). The molecular weight excluding hydrogens is 385 g/mol. The van der Waals surface area contributed by atoms with Gasteiger partial charge in [0.1, 0.15) is 6.04 Å². The lowest BCUT2D eigenvalue weighted by atomic mass is 10.0. The highest BCUT2D eigenvalue weighted by Gasteiger charge is 2.30. The van der Waals surface area contributed by atoms with Crippen LogP contribution in [0.1, 0.15) is 21.5 Å². The summed E-state index contributed by atoms with van der Waals surface area (Å²) in [5.41, 5.74) is 0.418. The summed E-state index contributed by atoms with van der Waals surface area (Å²) in [6.45, 7) is 0. The quantitative estimate of drug-likeness (QED) is 0.660. The van der Waals surface area contributed by atoms with Crippen molar-refractivity contribution in [1.29, 1.82) is 0 Å². The number of methoxy groups -OCH3 is 1. The van der Waals surface area contributed by atoms with Crippen LogP contribution >= 0.6 is 0 Å². The number of para-hydroxylation sites is 1. The van der Waals surface area contributed by atoms with Gasteiger partial charge in [0.2, 0.25) is 0 Å². The number of esters is 1. The summed E-state index contributed by atoms with van der Waals surface area (Å²) in [5.74, 6) is -1.23. The van der Waals surface area contributed by atoms with Crippen LogP contribution in [0, 0.1) is 0 Å². The van der Waals surface area contributed by atoms with Gasteiger partial charge in [-0.2, -0.15) is 13.2 Å². The monoisotopic (exact) mass is 402 g/mol. The predicted molar refractivity (Wildman–Crippen MR) is 100 cm³/mol. The van der Waals surface area contributed by atoms with E-state index in [0.29, 0.717) is 11.1 Å². The number of nitrogens with zero attached hydrogens (tertiary/aromatic N) is 1. The van der Waals surface area contributed by atoms with Gasteiger partial charge in [0.05, 0.1) is 23.8 Å². The van der Waals surface area contributed by atoms with Gasteiger partial charge in [0.25, 0.3) is 5.91 Å². The van der Waals surface area contributed by atoms with Crippen LogP contribution in [0.2, 0.25) is 0 Å². The van der Waals surface area contributed by atoms with Gasteiger partial charge in [-0.15, -0.1) is 0 Å². The number of halogens is 3. The van der Waals surface area contributed by atoms with Crippen LogP contribution < -0.4 is 5.32 Å². The molecule has 1 atom stereocenters. The van der Waals surface area contributed by atoms with Crippen molar-refractivity contribution in [2.75, 3.05) is 7.11 Å². The van der Waals surface area contributed by atoms with E-state index in [1.54, 1.807) is 36.5 Å². The zero-order valence-corrected chi connectivity index (χ0v) is 15.4. The van der Waals surface area contributed by atoms with Crippen molar-refractivity contribution in [1.82, 2.24) is 10.3 Å². The summed E-state index contributed by atoms with van der Waals surface area (Å²) in [6, 6.07) is 12.0. The fourth-order valence-corrected chi connectivity index (χ4v) is 2.92. The van der Waals surface area contributed by atoms with Gasteiger partial charge in [0.15, 0.2) is 0 Å². The fraction of sp³-hybridized carbons (Fsp3) is 0.190. The highest BCUT2D eigenvalue weighted by molar-refractivity contribution is 6.06. The predicted octanol–water partition coefficient (Wildman–Crippen LogP) is 3.77. The number of rotatable bonds is 5. The van der Waals surface area contributed by atoms with E-state index in [-0.39, 0.29) is 12.0 Å². The number of aromatic nitrogens is 1. The maximum absolute atomic E-state index is 12.8. The summed E-state index contributed by atoms with van der Waals surface area (Å²) in [4.78, 5) is 29.1. The standard InChI is InChI=1S/C21H17F3N2O3/c1-29-20(28)17(12-13-7-9-15(10-8-13)21(22,23)24)26-19(27)16-6-2-4-14-5-3-11-25-18(14)16/h2-11,17H,12H2,1H3,(H,26,27)/t17-/m1/s1. The lowest BCUT2D eigenvalue weighted by Crippen LogP contribution is -2.43. The van der Waals surface area contributed by atoms with Gasteiger partial charge >= 0.3 is 12.1 Å². The maximum atomic E-state index is 12.8. The molecule has 1 N–H and O–H groups in total. The first-order chi connectivity index (χ1) is 13.8. The van der Waals surface area contributed by atoms with E-state index in [9.17, 15) is 22.8 Å².